The molecule has 0 aliphatic heterocycles. The summed E-state index contributed by atoms with van der Waals surface area (Å²) < 4.78 is 5.23. The number of Topliss-reactive ketones (excluding diaryl/α,β-unsaturated/α-hetero) is 1. The van der Waals surface area contributed by atoms with Gasteiger partial charge in [0.05, 0.1) is 17.5 Å². The average Bonchev–Trinajstić information content (AvgIpc) is 2.91. The Bertz CT molecular complexity index is 610. The van der Waals surface area contributed by atoms with Crippen LogP contribution >= 0.6 is 0 Å². The van der Waals surface area contributed by atoms with Crippen molar-refractivity contribution in [3.05, 3.63) is 53.5 Å². The van der Waals surface area contributed by atoms with E-state index in [9.17, 15) is 4.79 Å². The van der Waals surface area contributed by atoms with Gasteiger partial charge in [0, 0.05) is 18.5 Å². The monoisotopic (exact) mass is 254 g/mol. The van der Waals surface area contributed by atoms with E-state index in [2.05, 4.69) is 11.4 Å². The minimum absolute atomic E-state index is 0.0152. The Labute approximate surface area is 111 Å². The molecule has 4 heteroatoms. The molecule has 1 aromatic carbocycles. The van der Waals surface area contributed by atoms with Gasteiger partial charge in [-0.05, 0) is 37.3 Å². The first kappa shape index (κ1) is 12.9. The fraction of sp³-hybridized carbons (Fsp3) is 0.200. The molecule has 96 valence electrons. The van der Waals surface area contributed by atoms with E-state index in [0.717, 1.165) is 12.2 Å². The van der Waals surface area contributed by atoms with Crippen molar-refractivity contribution in [1.82, 2.24) is 0 Å². The minimum Gasteiger partial charge on any atom is -0.469 e. The summed E-state index contributed by atoms with van der Waals surface area (Å²) in [6.45, 7) is 2.15. The van der Waals surface area contributed by atoms with Gasteiger partial charge in [-0.1, -0.05) is 0 Å². The number of anilines is 1. The maximum Gasteiger partial charge on any atom is 0.159 e. The zero-order chi connectivity index (χ0) is 13.7. The maximum absolute atomic E-state index is 11.3. The van der Waals surface area contributed by atoms with Crippen LogP contribution in [0.3, 0.4) is 0 Å². The van der Waals surface area contributed by atoms with Gasteiger partial charge in [0.1, 0.15) is 11.8 Å². The SMILES string of the molecule is CC(=O)c1ccc(C#N)c(NCCc2ccco2)c1. The number of ketones is 1. The van der Waals surface area contributed by atoms with Crippen molar-refractivity contribution in [2.24, 2.45) is 0 Å². The third-order valence-electron chi connectivity index (χ3n) is 2.81. The van der Waals surface area contributed by atoms with Crippen molar-refractivity contribution in [2.75, 3.05) is 11.9 Å². The van der Waals surface area contributed by atoms with E-state index in [1.807, 2.05) is 12.1 Å². The van der Waals surface area contributed by atoms with E-state index in [-0.39, 0.29) is 5.78 Å². The van der Waals surface area contributed by atoms with Crippen molar-refractivity contribution in [1.29, 1.82) is 5.26 Å². The fourth-order valence-corrected chi connectivity index (χ4v) is 1.78. The van der Waals surface area contributed by atoms with Gasteiger partial charge in [0.25, 0.3) is 0 Å². The predicted octanol–water partition coefficient (Wildman–Crippen LogP) is 3.01. The first-order valence-electron chi connectivity index (χ1n) is 6.02. The quantitative estimate of drug-likeness (QED) is 0.833. The number of nitriles is 1. The standard InChI is InChI=1S/C15H14N2O2/c1-11(18)12-4-5-13(10-16)15(9-12)17-7-6-14-3-2-8-19-14/h2-5,8-9,17H,6-7H2,1H3. The lowest BCUT2D eigenvalue weighted by Crippen LogP contribution is -2.07. The molecule has 0 aliphatic rings. The van der Waals surface area contributed by atoms with Gasteiger partial charge in [-0.25, -0.2) is 0 Å². The first-order chi connectivity index (χ1) is 9.20. The molecular formula is C15H14N2O2. The van der Waals surface area contributed by atoms with E-state index < -0.39 is 0 Å². The van der Waals surface area contributed by atoms with Crippen LogP contribution in [0, 0.1) is 11.3 Å². The smallest absolute Gasteiger partial charge is 0.159 e. The second-order valence-corrected chi connectivity index (χ2v) is 4.18. The van der Waals surface area contributed by atoms with Crippen molar-refractivity contribution < 1.29 is 9.21 Å². The molecule has 0 radical (unpaired) electrons. The van der Waals surface area contributed by atoms with Crippen LogP contribution in [0.5, 0.6) is 0 Å². The molecule has 2 rings (SSSR count). The molecule has 0 unspecified atom stereocenters. The zero-order valence-corrected chi connectivity index (χ0v) is 10.6. The summed E-state index contributed by atoms with van der Waals surface area (Å²) in [6.07, 6.45) is 2.36. The highest BCUT2D eigenvalue weighted by Gasteiger charge is 2.06. The summed E-state index contributed by atoms with van der Waals surface area (Å²) in [6, 6.07) is 10.9. The maximum atomic E-state index is 11.3. The molecule has 0 saturated carbocycles. The molecule has 0 saturated heterocycles. The molecule has 0 atom stereocenters. The van der Waals surface area contributed by atoms with Crippen molar-refractivity contribution in [3.8, 4) is 6.07 Å². The Hall–Kier alpha value is -2.54. The Kier molecular flexibility index (Phi) is 3.99. The number of benzene rings is 1. The predicted molar refractivity (Wildman–Crippen MR) is 72.1 cm³/mol. The van der Waals surface area contributed by atoms with Gasteiger partial charge in [-0.15, -0.1) is 0 Å². The van der Waals surface area contributed by atoms with Crippen LogP contribution in [0.25, 0.3) is 0 Å². The molecule has 0 aliphatic carbocycles. The minimum atomic E-state index is -0.0152. The highest BCUT2D eigenvalue weighted by Crippen LogP contribution is 2.17. The molecule has 1 aromatic heterocycles. The van der Waals surface area contributed by atoms with E-state index >= 15 is 0 Å². The van der Waals surface area contributed by atoms with Gasteiger partial charge in [0.2, 0.25) is 0 Å². The molecule has 1 heterocycles. The van der Waals surface area contributed by atoms with Gasteiger partial charge in [0.15, 0.2) is 5.78 Å². The van der Waals surface area contributed by atoms with Crippen molar-refractivity contribution in [3.63, 3.8) is 0 Å². The lowest BCUT2D eigenvalue weighted by atomic mass is 10.1. The van der Waals surface area contributed by atoms with Crippen molar-refractivity contribution >= 4 is 11.5 Å². The van der Waals surface area contributed by atoms with E-state index in [4.69, 9.17) is 9.68 Å². The number of carbonyl (C=O) groups excluding carboxylic acids is 1. The number of furan rings is 1. The van der Waals surface area contributed by atoms with Crippen LogP contribution in [-0.4, -0.2) is 12.3 Å². The summed E-state index contributed by atoms with van der Waals surface area (Å²) in [5, 5.41) is 12.2. The van der Waals surface area contributed by atoms with Crippen LogP contribution in [0.1, 0.15) is 28.6 Å². The molecular weight excluding hydrogens is 240 g/mol. The van der Waals surface area contributed by atoms with Crippen LogP contribution in [-0.2, 0) is 6.42 Å². The number of carbonyl (C=O) groups is 1. The number of nitrogens with one attached hydrogen (secondary N) is 1. The average molecular weight is 254 g/mol. The Morgan fingerprint density at radius 3 is 2.89 bits per heavy atom. The molecule has 19 heavy (non-hydrogen) atoms. The summed E-state index contributed by atoms with van der Waals surface area (Å²) in [7, 11) is 0. The molecule has 4 nitrogen and oxygen atoms in total. The van der Waals surface area contributed by atoms with Crippen LogP contribution in [0.4, 0.5) is 5.69 Å². The van der Waals surface area contributed by atoms with Crippen molar-refractivity contribution in [2.45, 2.75) is 13.3 Å². The highest BCUT2D eigenvalue weighted by molar-refractivity contribution is 5.95. The number of nitrogens with zero attached hydrogens (tertiary/aromatic N) is 1. The highest BCUT2D eigenvalue weighted by atomic mass is 16.3. The topological polar surface area (TPSA) is 66.0 Å². The van der Waals surface area contributed by atoms with Crippen LogP contribution in [0.15, 0.2) is 41.0 Å². The Balaban J connectivity index is 2.07. The molecule has 0 spiro atoms. The molecule has 0 amide bonds. The lowest BCUT2D eigenvalue weighted by Gasteiger charge is -2.08. The largest absolute Gasteiger partial charge is 0.469 e. The Morgan fingerprint density at radius 2 is 2.26 bits per heavy atom. The van der Waals surface area contributed by atoms with Crippen LogP contribution < -0.4 is 5.32 Å². The lowest BCUT2D eigenvalue weighted by molar-refractivity contribution is 0.101. The van der Waals surface area contributed by atoms with E-state index in [1.165, 1.54) is 6.92 Å². The summed E-state index contributed by atoms with van der Waals surface area (Å²) >= 11 is 0. The number of hydrogen-bond acceptors (Lipinski definition) is 4. The third-order valence-corrected chi connectivity index (χ3v) is 2.81. The molecule has 0 bridgehead atoms. The van der Waals surface area contributed by atoms with Gasteiger partial charge < -0.3 is 9.73 Å². The summed E-state index contributed by atoms with van der Waals surface area (Å²) in [5.74, 6) is 0.868. The normalized spacial score (nSPS) is 9.89. The zero-order valence-electron chi connectivity index (χ0n) is 10.6. The fourth-order valence-electron chi connectivity index (χ4n) is 1.78. The molecule has 1 N–H and O–H groups in total. The second-order valence-electron chi connectivity index (χ2n) is 4.18. The molecule has 2 aromatic rings. The van der Waals surface area contributed by atoms with Gasteiger partial charge in [-0.3, -0.25) is 4.79 Å². The van der Waals surface area contributed by atoms with E-state index in [1.54, 1.807) is 24.5 Å². The molecule has 0 fully saturated rings. The summed E-state index contributed by atoms with van der Waals surface area (Å²) in [4.78, 5) is 11.3. The Morgan fingerprint density at radius 1 is 1.42 bits per heavy atom. The third kappa shape index (κ3) is 3.23. The van der Waals surface area contributed by atoms with Crippen LogP contribution in [0.2, 0.25) is 0 Å². The van der Waals surface area contributed by atoms with Gasteiger partial charge >= 0.3 is 0 Å². The number of rotatable bonds is 5. The summed E-state index contributed by atoms with van der Waals surface area (Å²) in [5.41, 5.74) is 1.81. The van der Waals surface area contributed by atoms with Gasteiger partial charge in [-0.2, -0.15) is 5.26 Å². The first-order valence-corrected chi connectivity index (χ1v) is 6.02. The number of hydrogen-bond donors (Lipinski definition) is 1. The second kappa shape index (κ2) is 5.87. The van der Waals surface area contributed by atoms with E-state index in [0.29, 0.717) is 23.4 Å².